The second kappa shape index (κ2) is 5.00. The van der Waals surface area contributed by atoms with Crippen molar-refractivity contribution in [3.8, 4) is 5.75 Å². The van der Waals surface area contributed by atoms with Crippen molar-refractivity contribution in [3.63, 3.8) is 0 Å². The highest BCUT2D eigenvalue weighted by molar-refractivity contribution is 7.17. The number of benzene rings is 1. The lowest BCUT2D eigenvalue weighted by Gasteiger charge is -2.21. The fourth-order valence-corrected chi connectivity index (χ4v) is 4.44. The van der Waals surface area contributed by atoms with Crippen LogP contribution in [0, 0.1) is 0 Å². The zero-order valence-electron chi connectivity index (χ0n) is 11.9. The van der Waals surface area contributed by atoms with Crippen LogP contribution >= 0.6 is 11.3 Å². The van der Waals surface area contributed by atoms with Gasteiger partial charge in [-0.15, -0.1) is 11.3 Å². The molecule has 1 aromatic carbocycles. The van der Waals surface area contributed by atoms with E-state index < -0.39 is 0 Å². The van der Waals surface area contributed by atoms with Crippen molar-refractivity contribution in [2.75, 3.05) is 7.11 Å². The van der Waals surface area contributed by atoms with E-state index in [4.69, 9.17) is 4.74 Å². The van der Waals surface area contributed by atoms with Gasteiger partial charge in [0.15, 0.2) is 0 Å². The summed E-state index contributed by atoms with van der Waals surface area (Å²) in [6.07, 6.45) is 3.46. The molecule has 2 aromatic rings. The number of methoxy groups -OCH3 is 1. The number of fused-ring (bicyclic) bond motifs is 3. The molecule has 1 aromatic heterocycles. The predicted molar refractivity (Wildman–Crippen MR) is 84.2 cm³/mol. The molecule has 2 bridgehead atoms. The number of carbonyl (C=O) groups is 1. The van der Waals surface area contributed by atoms with Crippen molar-refractivity contribution < 1.29 is 9.53 Å². The summed E-state index contributed by atoms with van der Waals surface area (Å²) < 4.78 is 6.51. The first-order chi connectivity index (χ1) is 10.2. The molecule has 2 saturated heterocycles. The van der Waals surface area contributed by atoms with Crippen molar-refractivity contribution in [1.29, 1.82) is 0 Å². The molecule has 21 heavy (non-hydrogen) atoms. The molecule has 3 heterocycles. The van der Waals surface area contributed by atoms with E-state index in [9.17, 15) is 4.79 Å². The lowest BCUT2D eigenvalue weighted by Crippen LogP contribution is -2.42. The van der Waals surface area contributed by atoms with E-state index in [1.54, 1.807) is 18.4 Å². The van der Waals surface area contributed by atoms with E-state index in [0.29, 0.717) is 17.6 Å². The molecule has 1 amide bonds. The summed E-state index contributed by atoms with van der Waals surface area (Å²) in [6, 6.07) is 7.12. The first-order valence-corrected chi connectivity index (χ1v) is 8.25. The van der Waals surface area contributed by atoms with Gasteiger partial charge in [-0.3, -0.25) is 4.79 Å². The highest BCUT2D eigenvalue weighted by Gasteiger charge is 2.39. The van der Waals surface area contributed by atoms with Gasteiger partial charge in [0.25, 0.3) is 5.91 Å². The number of rotatable bonds is 3. The number of nitrogens with one attached hydrogen (secondary N) is 2. The maximum atomic E-state index is 12.5. The van der Waals surface area contributed by atoms with E-state index in [1.165, 1.54) is 12.8 Å². The molecule has 0 saturated carbocycles. The Morgan fingerprint density at radius 2 is 2.33 bits per heavy atom. The minimum absolute atomic E-state index is 0.000694. The molecule has 0 aliphatic carbocycles. The van der Waals surface area contributed by atoms with Crippen molar-refractivity contribution in [2.24, 2.45) is 0 Å². The Kier molecular flexibility index (Phi) is 3.12. The Morgan fingerprint density at radius 1 is 1.43 bits per heavy atom. The maximum absolute atomic E-state index is 12.5. The van der Waals surface area contributed by atoms with Crippen LogP contribution in [0.5, 0.6) is 5.75 Å². The Morgan fingerprint density at radius 3 is 3.05 bits per heavy atom. The van der Waals surface area contributed by atoms with Gasteiger partial charge in [-0.1, -0.05) is 0 Å². The molecule has 4 rings (SSSR count). The Balaban J connectivity index is 1.59. The van der Waals surface area contributed by atoms with Crippen LogP contribution in [0.15, 0.2) is 23.6 Å². The monoisotopic (exact) mass is 302 g/mol. The van der Waals surface area contributed by atoms with Gasteiger partial charge in [-0.05, 0) is 48.2 Å². The zero-order chi connectivity index (χ0) is 14.4. The first-order valence-electron chi connectivity index (χ1n) is 7.37. The van der Waals surface area contributed by atoms with Gasteiger partial charge >= 0.3 is 0 Å². The Hall–Kier alpha value is -1.59. The van der Waals surface area contributed by atoms with E-state index in [2.05, 4.69) is 10.6 Å². The third-order valence-electron chi connectivity index (χ3n) is 4.62. The van der Waals surface area contributed by atoms with Gasteiger partial charge in [-0.2, -0.15) is 0 Å². The first kappa shape index (κ1) is 13.1. The van der Waals surface area contributed by atoms with Gasteiger partial charge in [0.2, 0.25) is 0 Å². The quantitative estimate of drug-likeness (QED) is 0.916. The van der Waals surface area contributed by atoms with Crippen LogP contribution in [0.3, 0.4) is 0 Å². The molecule has 110 valence electrons. The molecule has 5 heteroatoms. The largest absolute Gasteiger partial charge is 0.495 e. The standard InChI is InChI=1S/C16H18N2O2S/c1-20-14-7-10(6-9-4-5-21-15(9)14)16(19)18-13-8-11-2-3-12(13)17-11/h4-7,11-13,17H,2-3,8H2,1H3,(H,18,19)/t11-,12+,13-/m1/s1. The average molecular weight is 302 g/mol. The molecular formula is C16H18N2O2S. The molecule has 4 nitrogen and oxygen atoms in total. The molecule has 0 unspecified atom stereocenters. The highest BCUT2D eigenvalue weighted by Crippen LogP contribution is 2.33. The second-order valence-electron chi connectivity index (χ2n) is 5.88. The lowest BCUT2D eigenvalue weighted by atomic mass is 9.95. The fourth-order valence-electron chi connectivity index (χ4n) is 3.57. The van der Waals surface area contributed by atoms with Gasteiger partial charge in [0.05, 0.1) is 11.8 Å². The normalized spacial score (nSPS) is 27.2. The summed E-state index contributed by atoms with van der Waals surface area (Å²) >= 11 is 1.63. The number of carbonyl (C=O) groups excluding carboxylic acids is 1. The number of ether oxygens (including phenoxy) is 1. The second-order valence-corrected chi connectivity index (χ2v) is 6.80. The maximum Gasteiger partial charge on any atom is 0.251 e. The minimum atomic E-state index is 0.000694. The lowest BCUT2D eigenvalue weighted by molar-refractivity contribution is 0.0931. The topological polar surface area (TPSA) is 50.4 Å². The van der Waals surface area contributed by atoms with Crippen LogP contribution in [0.4, 0.5) is 0 Å². The molecule has 2 aliphatic rings. The number of amides is 1. The summed E-state index contributed by atoms with van der Waals surface area (Å²) in [4.78, 5) is 12.5. The van der Waals surface area contributed by atoms with Crippen molar-refractivity contribution >= 4 is 27.3 Å². The van der Waals surface area contributed by atoms with E-state index in [1.807, 2.05) is 23.6 Å². The SMILES string of the molecule is COc1cc(C(=O)N[C@@H]2C[C@H]3CC[C@@H]2N3)cc2ccsc12. The molecule has 2 fully saturated rings. The predicted octanol–water partition coefficient (Wildman–Crippen LogP) is 2.53. The van der Waals surface area contributed by atoms with Crippen molar-refractivity contribution in [3.05, 3.63) is 29.1 Å². The molecule has 0 spiro atoms. The molecular weight excluding hydrogens is 284 g/mol. The van der Waals surface area contributed by atoms with E-state index >= 15 is 0 Å². The van der Waals surface area contributed by atoms with Crippen molar-refractivity contribution in [1.82, 2.24) is 10.6 Å². The molecule has 3 atom stereocenters. The minimum Gasteiger partial charge on any atom is -0.495 e. The average Bonchev–Trinajstić information content (AvgIpc) is 3.21. The van der Waals surface area contributed by atoms with Crippen LogP contribution in [0.2, 0.25) is 0 Å². The highest BCUT2D eigenvalue weighted by atomic mass is 32.1. The number of thiophene rings is 1. The summed E-state index contributed by atoms with van der Waals surface area (Å²) in [5, 5.41) is 9.81. The van der Waals surface area contributed by atoms with Crippen LogP contribution < -0.4 is 15.4 Å². The van der Waals surface area contributed by atoms with E-state index in [0.717, 1.165) is 22.3 Å². The molecule has 0 radical (unpaired) electrons. The summed E-state index contributed by atoms with van der Waals surface area (Å²) in [5.74, 6) is 0.777. The summed E-state index contributed by atoms with van der Waals surface area (Å²) in [7, 11) is 1.65. The zero-order valence-corrected chi connectivity index (χ0v) is 12.7. The van der Waals surface area contributed by atoms with Crippen LogP contribution in [0.25, 0.3) is 10.1 Å². The third kappa shape index (κ3) is 2.21. The summed E-state index contributed by atoms with van der Waals surface area (Å²) in [6.45, 7) is 0. The molecule has 2 aliphatic heterocycles. The third-order valence-corrected chi connectivity index (χ3v) is 5.56. The van der Waals surface area contributed by atoms with Gasteiger partial charge in [-0.25, -0.2) is 0 Å². The van der Waals surface area contributed by atoms with Crippen LogP contribution in [-0.2, 0) is 0 Å². The fraction of sp³-hybridized carbons (Fsp3) is 0.438. The number of hydrogen-bond donors (Lipinski definition) is 2. The molecule has 2 N–H and O–H groups in total. The van der Waals surface area contributed by atoms with Crippen molar-refractivity contribution in [2.45, 2.75) is 37.4 Å². The Labute approximate surface area is 127 Å². The smallest absolute Gasteiger partial charge is 0.251 e. The summed E-state index contributed by atoms with van der Waals surface area (Å²) in [5.41, 5.74) is 0.681. The van der Waals surface area contributed by atoms with Gasteiger partial charge in [0.1, 0.15) is 5.75 Å². The van der Waals surface area contributed by atoms with Gasteiger partial charge in [0, 0.05) is 23.7 Å². The van der Waals surface area contributed by atoms with Crippen LogP contribution in [0.1, 0.15) is 29.6 Å². The van der Waals surface area contributed by atoms with E-state index in [-0.39, 0.29) is 11.9 Å². The van der Waals surface area contributed by atoms with Gasteiger partial charge < -0.3 is 15.4 Å². The Bertz CT molecular complexity index is 697. The number of hydrogen-bond acceptors (Lipinski definition) is 4. The van der Waals surface area contributed by atoms with Crippen LogP contribution in [-0.4, -0.2) is 31.1 Å².